The summed E-state index contributed by atoms with van der Waals surface area (Å²) in [5.74, 6) is -2.17. The van der Waals surface area contributed by atoms with Crippen LogP contribution in [0.4, 0.5) is 8.78 Å². The number of carbonyl (C=O) groups excluding carboxylic acids is 2. The molecule has 1 N–H and O–H groups in total. The Bertz CT molecular complexity index is 1310. The molecule has 4 aromatic rings. The molecule has 1 aromatic heterocycles. The average molecular weight is 491 g/mol. The normalized spacial score (nSPS) is 11.6. The molecule has 0 aliphatic rings. The molecular weight excluding hydrogens is 466 g/mol. The number of benzene rings is 3. The average Bonchev–Trinajstić information content (AvgIpc) is 3.36. The molecule has 1 unspecified atom stereocenters. The first-order valence-electron chi connectivity index (χ1n) is 11.4. The zero-order valence-corrected chi connectivity index (χ0v) is 19.3. The summed E-state index contributed by atoms with van der Waals surface area (Å²) >= 11 is 0. The summed E-state index contributed by atoms with van der Waals surface area (Å²) in [6.45, 7) is -0.422. The number of esters is 1. The maximum absolute atomic E-state index is 13.9. The van der Waals surface area contributed by atoms with Crippen LogP contribution in [0.15, 0.2) is 89.5 Å². The molecule has 6 nitrogen and oxygen atoms in total. The summed E-state index contributed by atoms with van der Waals surface area (Å²) in [6.07, 6.45) is 1.92. The summed E-state index contributed by atoms with van der Waals surface area (Å²) < 4.78 is 37.6. The van der Waals surface area contributed by atoms with Crippen LogP contribution in [0, 0.1) is 11.6 Å². The van der Waals surface area contributed by atoms with Gasteiger partial charge in [-0.05, 0) is 29.7 Å². The van der Waals surface area contributed by atoms with E-state index in [4.69, 9.17) is 9.15 Å². The number of oxazole rings is 1. The third-order valence-electron chi connectivity index (χ3n) is 5.48. The Hall–Kier alpha value is -4.33. The molecule has 1 atom stereocenters. The maximum atomic E-state index is 13.9. The number of nitrogens with one attached hydrogen (secondary N) is 1. The number of rotatable bonds is 10. The fourth-order valence-electron chi connectivity index (χ4n) is 3.69. The van der Waals surface area contributed by atoms with E-state index in [0.717, 1.165) is 23.3 Å². The fourth-order valence-corrected chi connectivity index (χ4v) is 3.69. The molecule has 4 rings (SSSR count). The van der Waals surface area contributed by atoms with E-state index in [2.05, 4.69) is 10.3 Å². The summed E-state index contributed by atoms with van der Waals surface area (Å²) in [5, 5.41) is 2.93. The smallest absolute Gasteiger partial charge is 0.306 e. The second-order valence-corrected chi connectivity index (χ2v) is 8.12. The Kier molecular flexibility index (Phi) is 8.18. The number of aryl methyl sites for hydroxylation is 1. The number of nitrogens with zero attached hydrogens (tertiary/aromatic N) is 1. The van der Waals surface area contributed by atoms with E-state index in [1.807, 2.05) is 60.7 Å². The molecule has 184 valence electrons. The highest BCUT2D eigenvalue weighted by atomic mass is 19.1. The second-order valence-electron chi connectivity index (χ2n) is 8.12. The Morgan fingerprint density at radius 1 is 0.972 bits per heavy atom. The lowest BCUT2D eigenvalue weighted by atomic mass is 9.99. The highest BCUT2D eigenvalue weighted by molar-refractivity contribution is 5.81. The predicted octanol–water partition coefficient (Wildman–Crippen LogP) is 5.20. The molecule has 0 bridgehead atoms. The van der Waals surface area contributed by atoms with Gasteiger partial charge in [0.15, 0.2) is 18.3 Å². The molecule has 0 radical (unpaired) electrons. The minimum atomic E-state index is -0.774. The van der Waals surface area contributed by atoms with Crippen molar-refractivity contribution < 1.29 is 27.5 Å². The van der Waals surface area contributed by atoms with Crippen molar-refractivity contribution in [1.82, 2.24) is 10.3 Å². The first-order chi connectivity index (χ1) is 17.5. The third-order valence-corrected chi connectivity index (χ3v) is 5.48. The van der Waals surface area contributed by atoms with Crippen LogP contribution in [0.3, 0.4) is 0 Å². The van der Waals surface area contributed by atoms with E-state index >= 15 is 0 Å². The summed E-state index contributed by atoms with van der Waals surface area (Å²) in [5.41, 5.74) is 2.07. The SMILES string of the molecule is O=C(COC(=O)CCc1ncc(-c2ccc(F)cc2F)o1)NC(Cc1ccccc1)c1ccccc1. The number of ether oxygens (including phenoxy) is 1. The molecule has 0 aliphatic heterocycles. The first kappa shape index (κ1) is 24.8. The number of halogens is 2. The van der Waals surface area contributed by atoms with Crippen LogP contribution in [-0.2, 0) is 27.2 Å². The Morgan fingerprint density at radius 3 is 2.42 bits per heavy atom. The van der Waals surface area contributed by atoms with E-state index in [-0.39, 0.29) is 36.1 Å². The zero-order valence-electron chi connectivity index (χ0n) is 19.3. The highest BCUT2D eigenvalue weighted by Crippen LogP contribution is 2.24. The molecule has 0 saturated carbocycles. The monoisotopic (exact) mass is 490 g/mol. The van der Waals surface area contributed by atoms with Gasteiger partial charge < -0.3 is 14.5 Å². The van der Waals surface area contributed by atoms with Gasteiger partial charge in [0.25, 0.3) is 5.91 Å². The standard InChI is InChI=1S/C28H24F2N2O4/c29-21-11-12-22(23(30)16-21)25-17-31-27(36-25)13-14-28(34)35-18-26(33)32-24(20-9-5-2-6-10-20)15-19-7-3-1-4-8-19/h1-12,16-17,24H,13-15,18H2,(H,32,33). The van der Waals surface area contributed by atoms with Crippen LogP contribution in [0.25, 0.3) is 11.3 Å². The van der Waals surface area contributed by atoms with Gasteiger partial charge in [0.2, 0.25) is 0 Å². The van der Waals surface area contributed by atoms with Crippen LogP contribution in [0.5, 0.6) is 0 Å². The van der Waals surface area contributed by atoms with Crippen molar-refractivity contribution in [2.45, 2.75) is 25.3 Å². The lowest BCUT2D eigenvalue weighted by Crippen LogP contribution is -2.33. The molecule has 0 saturated heterocycles. The highest BCUT2D eigenvalue weighted by Gasteiger charge is 2.17. The lowest BCUT2D eigenvalue weighted by Gasteiger charge is -2.19. The van der Waals surface area contributed by atoms with E-state index in [0.29, 0.717) is 6.42 Å². The summed E-state index contributed by atoms with van der Waals surface area (Å²) in [6, 6.07) is 22.2. The Balaban J connectivity index is 1.27. The minimum absolute atomic E-state index is 0.0675. The largest absolute Gasteiger partial charge is 0.456 e. The van der Waals surface area contributed by atoms with Gasteiger partial charge in [-0.2, -0.15) is 0 Å². The van der Waals surface area contributed by atoms with Gasteiger partial charge in [0.1, 0.15) is 11.6 Å². The fraction of sp³-hybridized carbons (Fsp3) is 0.179. The number of carbonyl (C=O) groups is 2. The molecule has 36 heavy (non-hydrogen) atoms. The van der Waals surface area contributed by atoms with Gasteiger partial charge in [-0.15, -0.1) is 0 Å². The maximum Gasteiger partial charge on any atom is 0.306 e. The van der Waals surface area contributed by atoms with Gasteiger partial charge in [-0.25, -0.2) is 13.8 Å². The van der Waals surface area contributed by atoms with Crippen LogP contribution >= 0.6 is 0 Å². The van der Waals surface area contributed by atoms with Crippen molar-refractivity contribution in [2.75, 3.05) is 6.61 Å². The summed E-state index contributed by atoms with van der Waals surface area (Å²) in [7, 11) is 0. The van der Waals surface area contributed by atoms with E-state index in [1.54, 1.807) is 0 Å². The molecule has 1 amide bonds. The van der Waals surface area contributed by atoms with E-state index < -0.39 is 30.1 Å². The first-order valence-corrected chi connectivity index (χ1v) is 11.4. The van der Waals surface area contributed by atoms with Crippen molar-refractivity contribution in [2.24, 2.45) is 0 Å². The van der Waals surface area contributed by atoms with Crippen molar-refractivity contribution in [3.8, 4) is 11.3 Å². The van der Waals surface area contributed by atoms with Gasteiger partial charge in [-0.1, -0.05) is 60.7 Å². The van der Waals surface area contributed by atoms with Gasteiger partial charge in [0.05, 0.1) is 24.2 Å². The van der Waals surface area contributed by atoms with Crippen molar-refractivity contribution in [3.63, 3.8) is 0 Å². The molecule has 0 fully saturated rings. The lowest BCUT2D eigenvalue weighted by molar-refractivity contribution is -0.148. The molecular formula is C28H24F2N2O4. The van der Waals surface area contributed by atoms with E-state index in [9.17, 15) is 18.4 Å². The number of amides is 1. The second kappa shape index (κ2) is 11.9. The molecule has 1 heterocycles. The van der Waals surface area contributed by atoms with Gasteiger partial charge in [0, 0.05) is 12.5 Å². The van der Waals surface area contributed by atoms with Crippen molar-refractivity contribution in [3.05, 3.63) is 114 Å². The van der Waals surface area contributed by atoms with Crippen LogP contribution < -0.4 is 5.32 Å². The number of hydrogen-bond acceptors (Lipinski definition) is 5. The topological polar surface area (TPSA) is 81.4 Å². The molecule has 3 aromatic carbocycles. The van der Waals surface area contributed by atoms with Gasteiger partial charge in [-0.3, -0.25) is 9.59 Å². The third kappa shape index (κ3) is 6.85. The molecule has 0 aliphatic carbocycles. The minimum Gasteiger partial charge on any atom is -0.456 e. The molecule has 0 spiro atoms. The van der Waals surface area contributed by atoms with Gasteiger partial charge >= 0.3 is 5.97 Å². The number of hydrogen-bond donors (Lipinski definition) is 1. The zero-order chi connectivity index (χ0) is 25.3. The predicted molar refractivity (Wildman–Crippen MR) is 129 cm³/mol. The Morgan fingerprint density at radius 2 is 1.69 bits per heavy atom. The Labute approximate surface area is 206 Å². The van der Waals surface area contributed by atoms with Crippen LogP contribution in [-0.4, -0.2) is 23.5 Å². The number of aromatic nitrogens is 1. The van der Waals surface area contributed by atoms with Crippen LogP contribution in [0.2, 0.25) is 0 Å². The van der Waals surface area contributed by atoms with Crippen molar-refractivity contribution >= 4 is 11.9 Å². The molecule has 8 heteroatoms. The quantitative estimate of drug-likeness (QED) is 0.309. The van der Waals surface area contributed by atoms with E-state index in [1.165, 1.54) is 12.3 Å². The summed E-state index contributed by atoms with van der Waals surface area (Å²) in [4.78, 5) is 28.7. The van der Waals surface area contributed by atoms with Crippen molar-refractivity contribution in [1.29, 1.82) is 0 Å². The van der Waals surface area contributed by atoms with Crippen LogP contribution in [0.1, 0.15) is 29.5 Å².